The largest absolute Gasteiger partial charge is 0.383 e. The molecule has 0 spiro atoms. The molecule has 0 atom stereocenters. The number of nitrogens with zero attached hydrogens (tertiary/aromatic N) is 1. The van der Waals surface area contributed by atoms with E-state index in [1.54, 1.807) is 7.11 Å². The normalized spacial score (nSPS) is 11.5. The lowest BCUT2D eigenvalue weighted by Gasteiger charge is -2.12. The number of ether oxygens (including phenoxy) is 1. The fourth-order valence-electron chi connectivity index (χ4n) is 0.697. The van der Waals surface area contributed by atoms with Crippen LogP contribution in [0.15, 0.2) is 0 Å². The van der Waals surface area contributed by atoms with Gasteiger partial charge in [0.25, 0.3) is 10.2 Å². The summed E-state index contributed by atoms with van der Waals surface area (Å²) >= 11 is 0. The van der Waals surface area contributed by atoms with Crippen molar-refractivity contribution < 1.29 is 13.2 Å². The summed E-state index contributed by atoms with van der Waals surface area (Å²) in [7, 11) is 1.32. The zero-order chi connectivity index (χ0) is 11.0. The van der Waals surface area contributed by atoms with Gasteiger partial charge >= 0.3 is 0 Å². The first-order valence-corrected chi connectivity index (χ1v) is 5.81. The molecule has 0 aliphatic rings. The highest BCUT2D eigenvalue weighted by molar-refractivity contribution is 7.87. The highest BCUT2D eigenvalue weighted by Crippen LogP contribution is 1.85. The van der Waals surface area contributed by atoms with Crippen molar-refractivity contribution in [2.24, 2.45) is 0 Å². The molecule has 0 aliphatic heterocycles. The van der Waals surface area contributed by atoms with Crippen LogP contribution in [-0.4, -0.2) is 60.2 Å². The zero-order valence-electron chi connectivity index (χ0n) is 9.32. The summed E-state index contributed by atoms with van der Waals surface area (Å²) in [5.74, 6) is 0. The van der Waals surface area contributed by atoms with Crippen molar-refractivity contribution >= 4 is 22.6 Å². The molecular weight excluding hydrogens is 242 g/mol. The fraction of sp³-hybridized carbons (Fsp3) is 1.00. The van der Waals surface area contributed by atoms with Crippen molar-refractivity contribution in [1.82, 2.24) is 14.3 Å². The highest BCUT2D eigenvalue weighted by Gasteiger charge is 2.10. The molecule has 0 aromatic rings. The molecule has 0 saturated heterocycles. The highest BCUT2D eigenvalue weighted by atomic mass is 35.5. The van der Waals surface area contributed by atoms with Crippen LogP contribution in [0, 0.1) is 0 Å². The van der Waals surface area contributed by atoms with E-state index in [9.17, 15) is 8.42 Å². The van der Waals surface area contributed by atoms with Gasteiger partial charge in [-0.15, -0.1) is 12.4 Å². The molecule has 6 nitrogen and oxygen atoms in total. The molecule has 0 heterocycles. The number of methoxy groups -OCH3 is 1. The van der Waals surface area contributed by atoms with Gasteiger partial charge in [-0.1, -0.05) is 0 Å². The molecule has 0 saturated carbocycles. The minimum atomic E-state index is -3.28. The Morgan fingerprint density at radius 3 is 2.27 bits per heavy atom. The second kappa shape index (κ2) is 9.32. The third-order valence-corrected chi connectivity index (χ3v) is 3.08. The third-order valence-electron chi connectivity index (χ3n) is 1.55. The van der Waals surface area contributed by atoms with Gasteiger partial charge in [0.1, 0.15) is 0 Å². The SMILES string of the molecule is COCCNCCNS(=O)(=O)N(C)C.Cl. The smallest absolute Gasteiger partial charge is 0.278 e. The van der Waals surface area contributed by atoms with E-state index in [0.717, 1.165) is 10.8 Å². The van der Waals surface area contributed by atoms with Gasteiger partial charge in [-0.25, -0.2) is 4.72 Å². The van der Waals surface area contributed by atoms with Crippen molar-refractivity contribution in [2.75, 3.05) is 47.4 Å². The van der Waals surface area contributed by atoms with Gasteiger partial charge in [-0.2, -0.15) is 12.7 Å². The van der Waals surface area contributed by atoms with E-state index in [0.29, 0.717) is 19.7 Å². The fourth-order valence-corrected chi connectivity index (χ4v) is 1.31. The molecule has 15 heavy (non-hydrogen) atoms. The van der Waals surface area contributed by atoms with Gasteiger partial charge in [0.05, 0.1) is 6.61 Å². The maximum atomic E-state index is 11.2. The van der Waals surface area contributed by atoms with Crippen LogP contribution in [0.25, 0.3) is 0 Å². The number of hydrogen-bond acceptors (Lipinski definition) is 4. The summed E-state index contributed by atoms with van der Waals surface area (Å²) in [6.45, 7) is 2.32. The second-order valence-corrected chi connectivity index (χ2v) is 4.89. The standard InChI is InChI=1S/C7H19N3O3S.ClH/c1-10(2)14(11,12)9-5-4-8-6-7-13-3;/h8-9H,4-7H2,1-3H3;1H. The summed E-state index contributed by atoms with van der Waals surface area (Å²) in [6.07, 6.45) is 0. The van der Waals surface area contributed by atoms with Crippen molar-refractivity contribution in [3.63, 3.8) is 0 Å². The maximum Gasteiger partial charge on any atom is 0.278 e. The molecule has 8 heteroatoms. The number of rotatable bonds is 8. The van der Waals surface area contributed by atoms with Crippen LogP contribution in [-0.2, 0) is 14.9 Å². The molecule has 0 bridgehead atoms. The first-order chi connectivity index (χ1) is 6.50. The van der Waals surface area contributed by atoms with E-state index in [1.807, 2.05) is 0 Å². The van der Waals surface area contributed by atoms with Crippen molar-refractivity contribution in [3.05, 3.63) is 0 Å². The summed E-state index contributed by atoms with van der Waals surface area (Å²) < 4.78 is 30.8. The quantitative estimate of drug-likeness (QED) is 0.552. The van der Waals surface area contributed by atoms with Crippen LogP contribution < -0.4 is 10.0 Å². The Hall–Kier alpha value is 0.0800. The van der Waals surface area contributed by atoms with E-state index in [4.69, 9.17) is 4.74 Å². The molecule has 0 unspecified atom stereocenters. The Bertz CT molecular complexity index is 234. The van der Waals surface area contributed by atoms with Crippen LogP contribution in [0.2, 0.25) is 0 Å². The summed E-state index contributed by atoms with van der Waals surface area (Å²) in [5.41, 5.74) is 0. The molecule has 2 N–H and O–H groups in total. The van der Waals surface area contributed by atoms with Crippen molar-refractivity contribution in [1.29, 1.82) is 0 Å². The number of nitrogens with one attached hydrogen (secondary N) is 2. The van der Waals surface area contributed by atoms with Crippen LogP contribution in [0.4, 0.5) is 0 Å². The predicted molar refractivity (Wildman–Crippen MR) is 62.6 cm³/mol. The molecule has 0 radical (unpaired) electrons. The summed E-state index contributed by atoms with van der Waals surface area (Å²) in [4.78, 5) is 0. The Labute approximate surface area is 98.0 Å². The Morgan fingerprint density at radius 2 is 1.80 bits per heavy atom. The molecule has 0 aromatic heterocycles. The number of hydrogen-bond donors (Lipinski definition) is 2. The second-order valence-electron chi connectivity index (χ2n) is 2.92. The monoisotopic (exact) mass is 261 g/mol. The Morgan fingerprint density at radius 1 is 1.20 bits per heavy atom. The average molecular weight is 262 g/mol. The third kappa shape index (κ3) is 9.04. The van der Waals surface area contributed by atoms with Gasteiger partial charge < -0.3 is 10.1 Å². The van der Waals surface area contributed by atoms with Gasteiger partial charge in [0, 0.05) is 40.8 Å². The first kappa shape index (κ1) is 17.5. The topological polar surface area (TPSA) is 70.7 Å². The molecular formula is C7H20ClN3O3S. The van der Waals surface area contributed by atoms with E-state index < -0.39 is 10.2 Å². The van der Waals surface area contributed by atoms with Gasteiger partial charge in [0.15, 0.2) is 0 Å². The van der Waals surface area contributed by atoms with E-state index >= 15 is 0 Å². The van der Waals surface area contributed by atoms with Crippen LogP contribution in [0.3, 0.4) is 0 Å². The number of halogens is 1. The minimum absolute atomic E-state index is 0. The lowest BCUT2D eigenvalue weighted by molar-refractivity contribution is 0.199. The van der Waals surface area contributed by atoms with Crippen LogP contribution in [0.5, 0.6) is 0 Å². The molecule has 0 fully saturated rings. The molecule has 0 aromatic carbocycles. The molecule has 0 amide bonds. The van der Waals surface area contributed by atoms with Gasteiger partial charge in [-0.3, -0.25) is 0 Å². The predicted octanol–water partition coefficient (Wildman–Crippen LogP) is -0.960. The van der Waals surface area contributed by atoms with E-state index in [2.05, 4.69) is 10.0 Å². The zero-order valence-corrected chi connectivity index (χ0v) is 10.9. The van der Waals surface area contributed by atoms with Gasteiger partial charge in [0.2, 0.25) is 0 Å². The van der Waals surface area contributed by atoms with Crippen molar-refractivity contribution in [2.45, 2.75) is 0 Å². The maximum absolute atomic E-state index is 11.2. The van der Waals surface area contributed by atoms with E-state index in [1.165, 1.54) is 14.1 Å². The van der Waals surface area contributed by atoms with Crippen molar-refractivity contribution in [3.8, 4) is 0 Å². The van der Waals surface area contributed by atoms with Crippen LogP contribution in [0.1, 0.15) is 0 Å². The molecule has 94 valence electrons. The summed E-state index contributed by atoms with van der Waals surface area (Å²) in [5, 5.41) is 3.03. The molecule has 0 aliphatic carbocycles. The summed E-state index contributed by atoms with van der Waals surface area (Å²) in [6, 6.07) is 0. The molecule has 0 rings (SSSR count). The van der Waals surface area contributed by atoms with E-state index in [-0.39, 0.29) is 12.4 Å². The van der Waals surface area contributed by atoms with Gasteiger partial charge in [-0.05, 0) is 0 Å². The lowest BCUT2D eigenvalue weighted by atomic mass is 10.6. The average Bonchev–Trinajstić information content (AvgIpc) is 2.10. The van der Waals surface area contributed by atoms with Crippen LogP contribution >= 0.6 is 12.4 Å². The minimum Gasteiger partial charge on any atom is -0.383 e. The Balaban J connectivity index is 0. The Kier molecular flexibility index (Phi) is 10.9. The first-order valence-electron chi connectivity index (χ1n) is 4.37. The lowest BCUT2D eigenvalue weighted by Crippen LogP contribution is -2.39.